The third-order valence-electron chi connectivity index (χ3n) is 18.8. The third kappa shape index (κ3) is 0.341. The summed E-state index contributed by atoms with van der Waals surface area (Å²) >= 11 is 0. The van der Waals surface area contributed by atoms with E-state index < -0.39 is 14.8 Å². The molecule has 0 bridgehead atoms. The van der Waals surface area contributed by atoms with Crippen LogP contribution in [-0.2, 0) is 11.0 Å². The number of benzene rings is 3. The van der Waals surface area contributed by atoms with Gasteiger partial charge in [0.25, 0.3) is 0 Å². The summed E-state index contributed by atoms with van der Waals surface area (Å²) in [5.74, 6) is 0. The van der Waals surface area contributed by atoms with Crippen LogP contribution in [0.1, 0.15) is 0 Å². The molecule has 3 aromatic rings. The van der Waals surface area contributed by atoms with Crippen LogP contribution >= 0.6 is 0 Å². The van der Waals surface area contributed by atoms with Gasteiger partial charge in [0.2, 0.25) is 0 Å². The van der Waals surface area contributed by atoms with Gasteiger partial charge in [-0.3, -0.25) is 0 Å². The van der Waals surface area contributed by atoms with Gasteiger partial charge in [0.1, 0.15) is 0 Å². The van der Waals surface area contributed by atoms with E-state index in [4.69, 9.17) is 9.68 Å². The number of hydrogen-bond acceptors (Lipinski definition) is 2. The van der Waals surface area contributed by atoms with E-state index in [1.54, 1.807) is 0 Å². The molecule has 3 aromatic carbocycles. The number of fused-ring (bicyclic) bond motifs is 10. The number of nitrogens with zero attached hydrogens (tertiary/aromatic N) is 1. The molecule has 4 atom stereocenters. The van der Waals surface area contributed by atoms with Crippen LogP contribution in [0.4, 0.5) is 0 Å². The van der Waals surface area contributed by atoms with E-state index in [9.17, 15) is 0 Å². The molecule has 164 valence electrons. The second kappa shape index (κ2) is 2.10. The van der Waals surface area contributed by atoms with E-state index >= 15 is 0 Å². The van der Waals surface area contributed by atoms with Gasteiger partial charge in [-0.25, -0.2) is 0 Å². The van der Waals surface area contributed by atoms with E-state index in [1.807, 2.05) is 0 Å². The van der Waals surface area contributed by atoms with Gasteiger partial charge in [-0.1, -0.05) is 0 Å². The Balaban J connectivity index is 1.03. The summed E-state index contributed by atoms with van der Waals surface area (Å²) in [5, 5.41) is 8.98. The van der Waals surface area contributed by atoms with Crippen LogP contribution in [0.2, 0.25) is 47.7 Å². The molecule has 1 spiro atoms. The van der Waals surface area contributed by atoms with Crippen LogP contribution in [0, 0.1) is 0 Å². The Morgan fingerprint density at radius 3 is 1.30 bits per heavy atom. The molecule has 0 aliphatic carbocycles. The predicted molar refractivity (Wildman–Crippen MR) is 130 cm³/mol. The molecule has 10 heterocycles. The van der Waals surface area contributed by atoms with Crippen LogP contribution in [0.5, 0.6) is 0 Å². The van der Waals surface area contributed by atoms with Crippen molar-refractivity contribution in [1.29, 1.82) is 0 Å². The Kier molecular flexibility index (Phi) is 0.953. The third-order valence-corrected chi connectivity index (χ3v) is 65.1. The Morgan fingerprint density at radius 1 is 0.606 bits per heavy atom. The monoisotopic (exact) mass is 487 g/mol. The normalized spacial score (nSPS) is 67.5. The molecule has 10 saturated heterocycles. The Labute approximate surface area is 184 Å². The standard InChI is InChI=1S/C24H20NOSi.C5H5.Fe/c1-4-14-22(15-5-1)27(23-16-6-2-7-17-23,24-18-8-3-9-19-24)26-25-20-21-12-10-11-13-21;1-2-4-5-3-1;/h1-20H;1-5H;. The molecule has 0 saturated carbocycles. The molecular formula is C29H25FeNOSi. The van der Waals surface area contributed by atoms with Gasteiger partial charge in [-0.05, 0) is 0 Å². The van der Waals surface area contributed by atoms with Crippen molar-refractivity contribution in [3.05, 3.63) is 91.0 Å². The van der Waals surface area contributed by atoms with Crippen molar-refractivity contribution in [3.8, 4) is 0 Å². The first-order valence-corrected chi connectivity index (χ1v) is 20.9. The molecular weight excluding hydrogens is 462 g/mol. The van der Waals surface area contributed by atoms with Crippen molar-refractivity contribution in [2.75, 3.05) is 0 Å². The van der Waals surface area contributed by atoms with E-state index in [-0.39, 0.29) is 0 Å². The fraction of sp³-hybridized carbons (Fsp3) is 0.345. The maximum absolute atomic E-state index is 7.01. The maximum atomic E-state index is 7.01. The van der Waals surface area contributed by atoms with Crippen molar-refractivity contribution >= 4 is 30.1 Å². The molecule has 0 aromatic heterocycles. The van der Waals surface area contributed by atoms with Crippen molar-refractivity contribution in [1.82, 2.24) is 0 Å². The Hall–Kier alpha value is -2.13. The van der Waals surface area contributed by atoms with Crippen LogP contribution in [-0.4, -0.2) is 14.5 Å². The summed E-state index contributed by atoms with van der Waals surface area (Å²) < 4.78 is 7.67. The van der Waals surface area contributed by atoms with Crippen molar-refractivity contribution in [2.45, 2.75) is 47.7 Å². The van der Waals surface area contributed by atoms with E-state index in [0.717, 1.165) is 0 Å². The zero-order valence-corrected chi connectivity index (χ0v) is 20.2. The van der Waals surface area contributed by atoms with Gasteiger partial charge in [-0.2, -0.15) is 0 Å². The first-order chi connectivity index (χ1) is 16.1. The van der Waals surface area contributed by atoms with Gasteiger partial charge in [0.15, 0.2) is 0 Å². The van der Waals surface area contributed by atoms with Crippen molar-refractivity contribution in [3.63, 3.8) is 0 Å². The quantitative estimate of drug-likeness (QED) is 0.197. The summed E-state index contributed by atoms with van der Waals surface area (Å²) in [4.78, 5) is 11.7. The van der Waals surface area contributed by atoms with E-state index in [0.29, 0.717) is 4.31 Å². The number of hydrogen-bond donors (Lipinski definition) is 0. The Morgan fingerprint density at radius 2 is 1.00 bits per heavy atom. The topological polar surface area (TPSA) is 21.6 Å². The summed E-state index contributed by atoms with van der Waals surface area (Å²) in [5.41, 5.74) is 0. The zero-order chi connectivity index (χ0) is 21.0. The molecule has 0 radical (unpaired) electrons. The van der Waals surface area contributed by atoms with Crippen LogP contribution in [0.15, 0.2) is 96.2 Å². The molecule has 10 aliphatic rings. The summed E-state index contributed by atoms with van der Waals surface area (Å²) in [6.45, 7) is -3.18. The van der Waals surface area contributed by atoms with E-state index in [2.05, 4.69) is 97.2 Å². The van der Waals surface area contributed by atoms with Gasteiger partial charge in [0.05, 0.1) is 0 Å². The van der Waals surface area contributed by atoms with Gasteiger partial charge in [-0.15, -0.1) is 0 Å². The van der Waals surface area contributed by atoms with Crippen molar-refractivity contribution in [2.24, 2.45) is 5.16 Å². The molecule has 2 nitrogen and oxygen atoms in total. The zero-order valence-electron chi connectivity index (χ0n) is 18.1. The van der Waals surface area contributed by atoms with Gasteiger partial charge < -0.3 is 0 Å². The minimum atomic E-state index is -3.18. The number of oxime groups is 1. The molecule has 10 aliphatic heterocycles. The predicted octanol–water partition coefficient (Wildman–Crippen LogP) is 5.42. The summed E-state index contributed by atoms with van der Waals surface area (Å²) in [6, 6.07) is 32.8. The molecule has 4 heteroatoms. The SMILES string of the molecule is C(=NO[Si](c1ccccc1)(c1ccccc1)c1ccccc1)[C]12[CH]3[CH]4[CH]5[CH]1[Fe]45321678[CH]2[CH]1[CH]6[CH]7[CH]28. The van der Waals surface area contributed by atoms with Crippen LogP contribution in [0.25, 0.3) is 0 Å². The van der Waals surface area contributed by atoms with Gasteiger partial charge >= 0.3 is 185 Å². The van der Waals surface area contributed by atoms with Crippen LogP contribution in [0.3, 0.4) is 0 Å². The molecule has 4 unspecified atom stereocenters. The minimum absolute atomic E-state index is 0.656. The molecule has 0 amide bonds. The average molecular weight is 487 g/mol. The van der Waals surface area contributed by atoms with E-state index in [1.165, 1.54) is 58.9 Å². The first-order valence-electron chi connectivity index (χ1n) is 12.7. The molecule has 10 fully saturated rings. The second-order valence-corrected chi connectivity index (χ2v) is 41.7. The van der Waals surface area contributed by atoms with Crippen molar-refractivity contribution < 1.29 is 11.0 Å². The fourth-order valence-electron chi connectivity index (χ4n) is 19.6. The van der Waals surface area contributed by atoms with Crippen LogP contribution < -0.4 is 15.6 Å². The first kappa shape index (κ1) is 15.0. The molecule has 13 rings (SSSR count). The molecule has 0 N–H and O–H groups in total. The summed E-state index contributed by atoms with van der Waals surface area (Å²) in [6.07, 6.45) is 2.52. The summed E-state index contributed by atoms with van der Waals surface area (Å²) in [7, 11) is -2.73. The number of rotatable bonds is 6. The Bertz CT molecular complexity index is 1700. The second-order valence-electron chi connectivity index (χ2n) is 14.8. The fourth-order valence-corrected chi connectivity index (χ4v) is 96.6. The van der Waals surface area contributed by atoms with Gasteiger partial charge in [0, 0.05) is 0 Å². The average Bonchev–Trinajstić information content (AvgIpc) is 3.83. The molecule has 33 heavy (non-hydrogen) atoms.